The molecule has 0 aliphatic rings. The molecule has 0 N–H and O–H groups in total. The first kappa shape index (κ1) is 21.2. The Morgan fingerprint density at radius 1 is 1.00 bits per heavy atom. The largest absolute Gasteiger partial charge is 0.304 e. The van der Waals surface area contributed by atoms with Crippen molar-refractivity contribution in [3.05, 3.63) is 78.2 Å². The smallest absolute Gasteiger partial charge is 0.123 e. The number of benzene rings is 2. The maximum Gasteiger partial charge on any atom is 0.123 e. The fraction of sp³-hybridized carbons (Fsp3) is 0.105. The number of rotatable bonds is 2. The molecule has 0 atom stereocenters. The zero-order chi connectivity index (χ0) is 13.9. The predicted molar refractivity (Wildman–Crippen MR) is 91.1 cm³/mol. The summed E-state index contributed by atoms with van der Waals surface area (Å²) >= 11 is 0. The molecular formula is C19H17BFIrN-. The van der Waals surface area contributed by atoms with Gasteiger partial charge in [0.25, 0.3) is 0 Å². The van der Waals surface area contributed by atoms with Gasteiger partial charge in [-0.1, -0.05) is 31.7 Å². The van der Waals surface area contributed by atoms with Crippen LogP contribution in [-0.2, 0) is 20.1 Å². The quantitative estimate of drug-likeness (QED) is 0.374. The van der Waals surface area contributed by atoms with Crippen LogP contribution in [0.5, 0.6) is 0 Å². The van der Waals surface area contributed by atoms with E-state index < -0.39 is 0 Å². The molecule has 118 valence electrons. The SMILES string of the molecule is C.Cc1ccc(-c2[c-]ccc(-c3cccc(F)c3)c2)nc1.[B].[Ir]. The van der Waals surface area contributed by atoms with E-state index >= 15 is 0 Å². The number of halogens is 1. The normalized spacial score (nSPS) is 9.13. The van der Waals surface area contributed by atoms with Crippen molar-refractivity contribution in [1.82, 2.24) is 4.98 Å². The minimum Gasteiger partial charge on any atom is -0.304 e. The number of nitrogens with zero attached hydrogens (tertiary/aromatic N) is 1. The summed E-state index contributed by atoms with van der Waals surface area (Å²) in [6.45, 7) is 2.00. The van der Waals surface area contributed by atoms with Crippen LogP contribution >= 0.6 is 0 Å². The molecule has 0 bridgehead atoms. The van der Waals surface area contributed by atoms with Gasteiger partial charge in [-0.15, -0.1) is 35.4 Å². The van der Waals surface area contributed by atoms with E-state index in [2.05, 4.69) is 11.1 Å². The molecule has 0 fully saturated rings. The Balaban J connectivity index is 0.00000161. The standard InChI is InChI=1S/C18H13FN.CH4.B.Ir/c1-13-8-9-18(20-12-13)16-6-2-4-14(10-16)15-5-3-7-17(19)11-15;;;/h2-5,7-12H,1H3;1H4;;/q-1;;;. The molecule has 23 heavy (non-hydrogen) atoms. The second kappa shape index (κ2) is 9.39. The van der Waals surface area contributed by atoms with E-state index in [4.69, 9.17) is 0 Å². The molecule has 1 aromatic heterocycles. The van der Waals surface area contributed by atoms with Gasteiger partial charge >= 0.3 is 0 Å². The molecule has 0 saturated carbocycles. The van der Waals surface area contributed by atoms with E-state index in [0.717, 1.165) is 27.9 Å². The first-order chi connectivity index (χ1) is 9.72. The van der Waals surface area contributed by atoms with Gasteiger partial charge in [0.05, 0.1) is 0 Å². The van der Waals surface area contributed by atoms with Crippen LogP contribution in [0.1, 0.15) is 13.0 Å². The molecule has 1 heterocycles. The van der Waals surface area contributed by atoms with E-state index in [-0.39, 0.29) is 41.8 Å². The third-order valence-electron chi connectivity index (χ3n) is 3.15. The van der Waals surface area contributed by atoms with Crippen molar-refractivity contribution >= 4 is 8.41 Å². The van der Waals surface area contributed by atoms with Crippen LogP contribution in [0.3, 0.4) is 0 Å². The van der Waals surface area contributed by atoms with Gasteiger partial charge < -0.3 is 4.98 Å². The summed E-state index contributed by atoms with van der Waals surface area (Å²) in [7, 11) is 0. The predicted octanol–water partition coefficient (Wildman–Crippen LogP) is 4.92. The molecule has 4 heteroatoms. The molecule has 2 aromatic carbocycles. The number of aromatic nitrogens is 1. The summed E-state index contributed by atoms with van der Waals surface area (Å²) in [5, 5.41) is 0. The van der Waals surface area contributed by atoms with Gasteiger partial charge in [0, 0.05) is 34.7 Å². The zero-order valence-electron chi connectivity index (χ0n) is 12.0. The summed E-state index contributed by atoms with van der Waals surface area (Å²) in [6, 6.07) is 19.5. The van der Waals surface area contributed by atoms with Crippen molar-refractivity contribution in [3.8, 4) is 22.4 Å². The average molecular weight is 481 g/mol. The van der Waals surface area contributed by atoms with Gasteiger partial charge in [-0.25, -0.2) is 4.39 Å². The van der Waals surface area contributed by atoms with Crippen molar-refractivity contribution in [2.45, 2.75) is 14.4 Å². The zero-order valence-corrected chi connectivity index (χ0v) is 14.4. The fourth-order valence-corrected chi connectivity index (χ4v) is 2.09. The van der Waals surface area contributed by atoms with Gasteiger partial charge in [0.2, 0.25) is 0 Å². The maximum atomic E-state index is 13.3. The first-order valence-corrected chi connectivity index (χ1v) is 6.43. The number of hydrogen-bond donors (Lipinski definition) is 0. The van der Waals surface area contributed by atoms with E-state index in [9.17, 15) is 4.39 Å². The van der Waals surface area contributed by atoms with Crippen LogP contribution in [0.2, 0.25) is 0 Å². The molecular weight excluding hydrogens is 464 g/mol. The van der Waals surface area contributed by atoms with E-state index in [0.29, 0.717) is 0 Å². The Morgan fingerprint density at radius 2 is 1.74 bits per heavy atom. The molecule has 1 nitrogen and oxygen atoms in total. The topological polar surface area (TPSA) is 12.9 Å². The van der Waals surface area contributed by atoms with Gasteiger partial charge in [0.15, 0.2) is 0 Å². The Labute approximate surface area is 152 Å². The van der Waals surface area contributed by atoms with Crippen molar-refractivity contribution in [1.29, 1.82) is 0 Å². The van der Waals surface area contributed by atoms with Crippen molar-refractivity contribution in [3.63, 3.8) is 0 Å². The van der Waals surface area contributed by atoms with Crippen LogP contribution in [0.15, 0.2) is 60.8 Å². The van der Waals surface area contributed by atoms with Crippen LogP contribution in [0.4, 0.5) is 4.39 Å². The minimum absolute atomic E-state index is 0. The van der Waals surface area contributed by atoms with Gasteiger partial charge in [0.1, 0.15) is 5.82 Å². The Bertz CT molecular complexity index is 744. The Morgan fingerprint density at radius 3 is 2.39 bits per heavy atom. The third kappa shape index (κ3) is 5.12. The van der Waals surface area contributed by atoms with Gasteiger partial charge in [-0.2, -0.15) is 0 Å². The third-order valence-corrected chi connectivity index (χ3v) is 3.15. The van der Waals surface area contributed by atoms with Gasteiger partial charge in [-0.3, -0.25) is 0 Å². The maximum absolute atomic E-state index is 13.3. The Kier molecular flexibility index (Phi) is 8.67. The fourth-order valence-electron chi connectivity index (χ4n) is 2.09. The van der Waals surface area contributed by atoms with Crippen molar-refractivity contribution in [2.24, 2.45) is 0 Å². The van der Waals surface area contributed by atoms with Crippen molar-refractivity contribution < 1.29 is 24.5 Å². The van der Waals surface area contributed by atoms with E-state index in [1.54, 1.807) is 6.07 Å². The molecule has 0 aliphatic carbocycles. The van der Waals surface area contributed by atoms with Crippen LogP contribution in [-0.4, -0.2) is 13.4 Å². The average Bonchev–Trinajstić information content (AvgIpc) is 2.48. The summed E-state index contributed by atoms with van der Waals surface area (Å²) < 4.78 is 13.3. The second-order valence-corrected chi connectivity index (χ2v) is 4.72. The Hall–Kier alpha value is -1.77. The summed E-state index contributed by atoms with van der Waals surface area (Å²) in [5.41, 5.74) is 4.71. The monoisotopic (exact) mass is 482 g/mol. The van der Waals surface area contributed by atoms with Crippen LogP contribution in [0, 0.1) is 18.8 Å². The molecule has 3 rings (SSSR count). The molecule has 0 amide bonds. The van der Waals surface area contributed by atoms with Crippen LogP contribution in [0.25, 0.3) is 22.4 Å². The summed E-state index contributed by atoms with van der Waals surface area (Å²) in [5.74, 6) is -0.231. The summed E-state index contributed by atoms with van der Waals surface area (Å²) in [4.78, 5) is 4.40. The molecule has 0 saturated heterocycles. The van der Waals surface area contributed by atoms with E-state index in [1.165, 1.54) is 12.1 Å². The molecule has 4 radical (unpaired) electrons. The first-order valence-electron chi connectivity index (χ1n) is 6.43. The second-order valence-electron chi connectivity index (χ2n) is 4.72. The molecule has 3 aromatic rings. The van der Waals surface area contributed by atoms with Gasteiger partial charge in [-0.05, 0) is 35.9 Å². The molecule has 0 spiro atoms. The number of aryl methyl sites for hydroxylation is 1. The van der Waals surface area contributed by atoms with Crippen LogP contribution < -0.4 is 0 Å². The molecule has 0 aliphatic heterocycles. The number of hydrogen-bond acceptors (Lipinski definition) is 1. The number of pyridine rings is 1. The molecule has 0 unspecified atom stereocenters. The van der Waals surface area contributed by atoms with Crippen molar-refractivity contribution in [2.75, 3.05) is 0 Å². The summed E-state index contributed by atoms with van der Waals surface area (Å²) in [6.07, 6.45) is 1.83. The minimum atomic E-state index is -0.231. The van der Waals surface area contributed by atoms with E-state index in [1.807, 2.05) is 49.5 Å².